The zero-order chi connectivity index (χ0) is 14.3. The molecule has 1 rings (SSSR count). The van der Waals surface area contributed by atoms with Gasteiger partial charge in [-0.2, -0.15) is 0 Å². The number of ether oxygens (including phenoxy) is 2. The SMILES string of the molecule is CCOc1cc(Br)c(CCCC(=O)O)cc1OCC. The molecule has 0 bridgehead atoms. The predicted octanol–water partition coefficient (Wildman–Crippen LogP) is 3.65. The topological polar surface area (TPSA) is 55.8 Å². The van der Waals surface area contributed by atoms with E-state index in [0.717, 1.165) is 10.0 Å². The number of aliphatic carboxylic acids is 1. The second kappa shape index (κ2) is 8.04. The van der Waals surface area contributed by atoms with Crippen LogP contribution in [-0.4, -0.2) is 24.3 Å². The average Bonchev–Trinajstić information content (AvgIpc) is 2.34. The molecular formula is C14H19BrO4. The highest BCUT2D eigenvalue weighted by Crippen LogP contribution is 2.34. The third kappa shape index (κ3) is 5.11. The van der Waals surface area contributed by atoms with Crippen molar-refractivity contribution in [3.8, 4) is 11.5 Å². The molecule has 106 valence electrons. The van der Waals surface area contributed by atoms with Gasteiger partial charge in [0, 0.05) is 10.9 Å². The normalized spacial score (nSPS) is 10.3. The molecule has 0 aliphatic carbocycles. The number of hydrogen-bond acceptors (Lipinski definition) is 3. The van der Waals surface area contributed by atoms with E-state index >= 15 is 0 Å². The number of halogens is 1. The van der Waals surface area contributed by atoms with Crippen LogP contribution in [0.25, 0.3) is 0 Å². The van der Waals surface area contributed by atoms with Crippen LogP contribution in [0.2, 0.25) is 0 Å². The van der Waals surface area contributed by atoms with Crippen LogP contribution in [0.15, 0.2) is 16.6 Å². The van der Waals surface area contributed by atoms with Gasteiger partial charge < -0.3 is 14.6 Å². The van der Waals surface area contributed by atoms with Crippen LogP contribution in [0.1, 0.15) is 32.3 Å². The van der Waals surface area contributed by atoms with Crippen LogP contribution >= 0.6 is 15.9 Å². The highest BCUT2D eigenvalue weighted by Gasteiger charge is 2.11. The summed E-state index contributed by atoms with van der Waals surface area (Å²) in [4.78, 5) is 10.5. The molecule has 5 heteroatoms. The van der Waals surface area contributed by atoms with E-state index < -0.39 is 5.97 Å². The molecule has 0 heterocycles. The molecule has 0 saturated heterocycles. The van der Waals surface area contributed by atoms with E-state index in [1.54, 1.807) is 0 Å². The molecule has 0 unspecified atom stereocenters. The first-order valence-corrected chi connectivity index (χ1v) is 7.17. The van der Waals surface area contributed by atoms with Gasteiger partial charge in [-0.05, 0) is 44.4 Å². The van der Waals surface area contributed by atoms with E-state index in [1.807, 2.05) is 26.0 Å². The smallest absolute Gasteiger partial charge is 0.303 e. The minimum atomic E-state index is -0.771. The molecule has 0 saturated carbocycles. The Labute approximate surface area is 121 Å². The van der Waals surface area contributed by atoms with Crippen molar-refractivity contribution in [1.82, 2.24) is 0 Å². The summed E-state index contributed by atoms with van der Waals surface area (Å²) in [6.07, 6.45) is 1.47. The average molecular weight is 331 g/mol. The molecule has 0 aliphatic rings. The first-order chi connectivity index (χ1) is 9.08. The Bertz CT molecular complexity index is 432. The molecule has 0 radical (unpaired) electrons. The van der Waals surface area contributed by atoms with E-state index in [4.69, 9.17) is 14.6 Å². The van der Waals surface area contributed by atoms with Crippen molar-refractivity contribution in [3.63, 3.8) is 0 Å². The van der Waals surface area contributed by atoms with Crippen molar-refractivity contribution >= 4 is 21.9 Å². The number of carboxylic acid groups (broad SMARTS) is 1. The van der Waals surface area contributed by atoms with Gasteiger partial charge in [0.1, 0.15) is 0 Å². The van der Waals surface area contributed by atoms with E-state index in [9.17, 15) is 4.79 Å². The highest BCUT2D eigenvalue weighted by molar-refractivity contribution is 9.10. The lowest BCUT2D eigenvalue weighted by atomic mass is 10.1. The van der Waals surface area contributed by atoms with Gasteiger partial charge in [-0.15, -0.1) is 0 Å². The Morgan fingerprint density at radius 1 is 1.21 bits per heavy atom. The molecule has 0 atom stereocenters. The lowest BCUT2D eigenvalue weighted by Crippen LogP contribution is -2.01. The summed E-state index contributed by atoms with van der Waals surface area (Å²) in [5, 5.41) is 8.66. The Morgan fingerprint density at radius 2 is 1.79 bits per heavy atom. The van der Waals surface area contributed by atoms with Crippen molar-refractivity contribution in [2.45, 2.75) is 33.1 Å². The molecule has 0 fully saturated rings. The van der Waals surface area contributed by atoms with Crippen LogP contribution in [0, 0.1) is 0 Å². The second-order valence-electron chi connectivity index (χ2n) is 4.00. The molecular weight excluding hydrogens is 312 g/mol. The van der Waals surface area contributed by atoms with Crippen LogP contribution in [-0.2, 0) is 11.2 Å². The standard InChI is InChI=1S/C14H19BrO4/c1-3-18-12-8-10(6-5-7-14(16)17)11(15)9-13(12)19-4-2/h8-9H,3-7H2,1-2H3,(H,16,17). The van der Waals surface area contributed by atoms with E-state index in [0.29, 0.717) is 37.6 Å². The van der Waals surface area contributed by atoms with E-state index in [1.165, 1.54) is 0 Å². The first kappa shape index (κ1) is 15.8. The Kier molecular flexibility index (Phi) is 6.70. The maximum Gasteiger partial charge on any atom is 0.303 e. The summed E-state index contributed by atoms with van der Waals surface area (Å²) in [5.74, 6) is 0.642. The fraction of sp³-hybridized carbons (Fsp3) is 0.500. The lowest BCUT2D eigenvalue weighted by molar-refractivity contribution is -0.137. The Hall–Kier alpha value is -1.23. The van der Waals surface area contributed by atoms with Crippen LogP contribution < -0.4 is 9.47 Å². The van der Waals surface area contributed by atoms with E-state index in [-0.39, 0.29) is 6.42 Å². The van der Waals surface area contributed by atoms with Crippen LogP contribution in [0.3, 0.4) is 0 Å². The first-order valence-electron chi connectivity index (χ1n) is 6.38. The molecule has 0 aromatic heterocycles. The summed E-state index contributed by atoms with van der Waals surface area (Å²) in [6.45, 7) is 4.98. The summed E-state index contributed by atoms with van der Waals surface area (Å²) >= 11 is 3.49. The predicted molar refractivity (Wildman–Crippen MR) is 77.1 cm³/mol. The van der Waals surface area contributed by atoms with Crippen molar-refractivity contribution in [2.24, 2.45) is 0 Å². The zero-order valence-electron chi connectivity index (χ0n) is 11.2. The number of hydrogen-bond donors (Lipinski definition) is 1. The summed E-state index contributed by atoms with van der Waals surface area (Å²) in [5.41, 5.74) is 1.04. The fourth-order valence-electron chi connectivity index (χ4n) is 1.74. The highest BCUT2D eigenvalue weighted by atomic mass is 79.9. The number of carbonyl (C=O) groups is 1. The largest absolute Gasteiger partial charge is 0.490 e. The van der Waals surface area contributed by atoms with Crippen molar-refractivity contribution in [1.29, 1.82) is 0 Å². The minimum Gasteiger partial charge on any atom is -0.490 e. The fourth-order valence-corrected chi connectivity index (χ4v) is 2.26. The molecule has 0 spiro atoms. The third-order valence-corrected chi connectivity index (χ3v) is 3.29. The van der Waals surface area contributed by atoms with Crippen molar-refractivity contribution in [2.75, 3.05) is 13.2 Å². The number of aryl methyl sites for hydroxylation is 1. The van der Waals surface area contributed by atoms with Crippen LogP contribution in [0.5, 0.6) is 11.5 Å². The lowest BCUT2D eigenvalue weighted by Gasteiger charge is -2.14. The molecule has 1 aromatic rings. The summed E-state index contributed by atoms with van der Waals surface area (Å²) < 4.78 is 12.0. The third-order valence-electron chi connectivity index (χ3n) is 2.55. The molecule has 0 aliphatic heterocycles. The van der Waals surface area contributed by atoms with Crippen LogP contribution in [0.4, 0.5) is 0 Å². The van der Waals surface area contributed by atoms with Gasteiger partial charge in [-0.1, -0.05) is 15.9 Å². The molecule has 1 N–H and O–H groups in total. The van der Waals surface area contributed by atoms with Crippen molar-refractivity contribution in [3.05, 3.63) is 22.2 Å². The number of carboxylic acids is 1. The molecule has 0 amide bonds. The summed E-state index contributed by atoms with van der Waals surface area (Å²) in [6, 6.07) is 3.80. The maximum atomic E-state index is 10.5. The van der Waals surface area contributed by atoms with Gasteiger partial charge in [0.25, 0.3) is 0 Å². The van der Waals surface area contributed by atoms with Gasteiger partial charge in [-0.25, -0.2) is 0 Å². The molecule has 4 nitrogen and oxygen atoms in total. The number of benzene rings is 1. The van der Waals surface area contributed by atoms with Gasteiger partial charge in [0.2, 0.25) is 0 Å². The maximum absolute atomic E-state index is 10.5. The minimum absolute atomic E-state index is 0.170. The van der Waals surface area contributed by atoms with Gasteiger partial charge >= 0.3 is 5.97 Å². The summed E-state index contributed by atoms with van der Waals surface area (Å²) in [7, 11) is 0. The van der Waals surface area contributed by atoms with Crippen molar-refractivity contribution < 1.29 is 19.4 Å². The quantitative estimate of drug-likeness (QED) is 0.790. The Morgan fingerprint density at radius 3 is 2.32 bits per heavy atom. The zero-order valence-corrected chi connectivity index (χ0v) is 12.8. The molecule has 19 heavy (non-hydrogen) atoms. The van der Waals surface area contributed by atoms with Gasteiger partial charge in [0.05, 0.1) is 13.2 Å². The van der Waals surface area contributed by atoms with E-state index in [2.05, 4.69) is 15.9 Å². The van der Waals surface area contributed by atoms with Gasteiger partial charge in [-0.3, -0.25) is 4.79 Å². The monoisotopic (exact) mass is 330 g/mol. The molecule has 1 aromatic carbocycles. The Balaban J connectivity index is 2.86. The second-order valence-corrected chi connectivity index (χ2v) is 4.86. The van der Waals surface area contributed by atoms with Gasteiger partial charge in [0.15, 0.2) is 11.5 Å². The number of rotatable bonds is 8.